The molecule has 168 valence electrons. The SMILES string of the molecule is CC(C)Oc1ccc(NC(=NCCc2ccco2)NCCNC(=O)c2cccnc2)cc1. The van der Waals surface area contributed by atoms with Gasteiger partial charge in [0.1, 0.15) is 11.5 Å². The van der Waals surface area contributed by atoms with Crippen LogP contribution in [0.4, 0.5) is 5.69 Å². The van der Waals surface area contributed by atoms with Crippen molar-refractivity contribution in [2.24, 2.45) is 4.99 Å². The van der Waals surface area contributed by atoms with Crippen molar-refractivity contribution in [2.45, 2.75) is 26.4 Å². The van der Waals surface area contributed by atoms with Gasteiger partial charge in [0.2, 0.25) is 0 Å². The summed E-state index contributed by atoms with van der Waals surface area (Å²) in [4.78, 5) is 20.7. The number of nitrogens with one attached hydrogen (secondary N) is 3. The van der Waals surface area contributed by atoms with Crippen molar-refractivity contribution >= 4 is 17.6 Å². The number of nitrogens with zero attached hydrogens (tertiary/aromatic N) is 2. The van der Waals surface area contributed by atoms with Gasteiger partial charge < -0.3 is 25.1 Å². The average Bonchev–Trinajstić information content (AvgIpc) is 3.31. The highest BCUT2D eigenvalue weighted by Crippen LogP contribution is 2.16. The Morgan fingerprint density at radius 2 is 1.91 bits per heavy atom. The van der Waals surface area contributed by atoms with Gasteiger partial charge >= 0.3 is 0 Å². The van der Waals surface area contributed by atoms with Crippen LogP contribution in [0.3, 0.4) is 0 Å². The summed E-state index contributed by atoms with van der Waals surface area (Å²) in [6, 6.07) is 15.0. The van der Waals surface area contributed by atoms with Crippen molar-refractivity contribution in [1.29, 1.82) is 0 Å². The summed E-state index contributed by atoms with van der Waals surface area (Å²) in [7, 11) is 0. The lowest BCUT2D eigenvalue weighted by atomic mass is 10.3. The highest BCUT2D eigenvalue weighted by atomic mass is 16.5. The van der Waals surface area contributed by atoms with E-state index in [4.69, 9.17) is 9.15 Å². The first-order valence-electron chi connectivity index (χ1n) is 10.6. The zero-order valence-electron chi connectivity index (χ0n) is 18.4. The van der Waals surface area contributed by atoms with Crippen molar-refractivity contribution in [3.8, 4) is 5.75 Å². The second-order valence-electron chi connectivity index (χ2n) is 7.30. The van der Waals surface area contributed by atoms with Crippen LogP contribution < -0.4 is 20.7 Å². The zero-order valence-corrected chi connectivity index (χ0v) is 18.4. The van der Waals surface area contributed by atoms with Crippen molar-refractivity contribution in [3.05, 3.63) is 78.5 Å². The van der Waals surface area contributed by atoms with Crippen molar-refractivity contribution in [1.82, 2.24) is 15.6 Å². The summed E-state index contributed by atoms with van der Waals surface area (Å²) in [6.07, 6.45) is 5.65. The molecule has 0 aliphatic heterocycles. The lowest BCUT2D eigenvalue weighted by Crippen LogP contribution is -2.38. The summed E-state index contributed by atoms with van der Waals surface area (Å²) in [5.74, 6) is 2.15. The number of furan rings is 1. The van der Waals surface area contributed by atoms with Gasteiger partial charge in [-0.1, -0.05) is 0 Å². The quantitative estimate of drug-likeness (QED) is 0.256. The van der Waals surface area contributed by atoms with Gasteiger partial charge in [-0.2, -0.15) is 0 Å². The molecule has 0 aliphatic carbocycles. The number of aliphatic imine (C=N–C) groups is 1. The second-order valence-corrected chi connectivity index (χ2v) is 7.30. The minimum Gasteiger partial charge on any atom is -0.491 e. The normalized spacial score (nSPS) is 11.3. The number of hydrogen-bond donors (Lipinski definition) is 3. The van der Waals surface area contributed by atoms with Gasteiger partial charge in [-0.05, 0) is 62.4 Å². The Morgan fingerprint density at radius 1 is 1.09 bits per heavy atom. The maximum atomic E-state index is 12.1. The monoisotopic (exact) mass is 435 g/mol. The summed E-state index contributed by atoms with van der Waals surface area (Å²) < 4.78 is 11.1. The Bertz CT molecular complexity index is 971. The Balaban J connectivity index is 1.54. The lowest BCUT2D eigenvalue weighted by Gasteiger charge is -2.14. The number of benzene rings is 1. The molecule has 32 heavy (non-hydrogen) atoms. The summed E-state index contributed by atoms with van der Waals surface area (Å²) in [5, 5.41) is 9.40. The molecular formula is C24H29N5O3. The van der Waals surface area contributed by atoms with E-state index in [1.165, 1.54) is 0 Å². The number of pyridine rings is 1. The van der Waals surface area contributed by atoms with Gasteiger partial charge in [0.05, 0.1) is 17.9 Å². The zero-order chi connectivity index (χ0) is 22.6. The van der Waals surface area contributed by atoms with E-state index in [0.717, 1.165) is 17.2 Å². The van der Waals surface area contributed by atoms with Gasteiger partial charge in [-0.3, -0.25) is 14.8 Å². The third kappa shape index (κ3) is 7.79. The molecule has 0 bridgehead atoms. The van der Waals surface area contributed by atoms with Crippen LogP contribution in [0.1, 0.15) is 30.0 Å². The molecule has 3 aromatic rings. The molecule has 1 amide bonds. The van der Waals surface area contributed by atoms with E-state index in [1.807, 2.05) is 50.2 Å². The predicted molar refractivity (Wildman–Crippen MR) is 125 cm³/mol. The van der Waals surface area contributed by atoms with Crippen LogP contribution in [0.5, 0.6) is 5.75 Å². The van der Waals surface area contributed by atoms with Gasteiger partial charge in [-0.25, -0.2) is 0 Å². The fourth-order valence-corrected chi connectivity index (χ4v) is 2.85. The molecule has 0 spiro atoms. The van der Waals surface area contributed by atoms with E-state index in [0.29, 0.717) is 37.6 Å². The first-order valence-corrected chi connectivity index (χ1v) is 10.6. The Labute approximate surface area is 188 Å². The molecule has 8 heteroatoms. The molecular weight excluding hydrogens is 406 g/mol. The third-order valence-electron chi connectivity index (χ3n) is 4.32. The molecule has 0 unspecified atom stereocenters. The van der Waals surface area contributed by atoms with Gasteiger partial charge in [0, 0.05) is 44.1 Å². The van der Waals surface area contributed by atoms with Gasteiger partial charge in [0.15, 0.2) is 5.96 Å². The average molecular weight is 436 g/mol. The maximum Gasteiger partial charge on any atom is 0.252 e. The minimum atomic E-state index is -0.162. The number of guanidine groups is 1. The molecule has 0 aliphatic rings. The molecule has 0 saturated carbocycles. The number of amides is 1. The first kappa shape index (κ1) is 22.9. The van der Waals surface area contributed by atoms with Crippen molar-refractivity contribution < 1.29 is 13.9 Å². The molecule has 0 radical (unpaired) electrons. The number of anilines is 1. The summed E-state index contributed by atoms with van der Waals surface area (Å²) in [6.45, 7) is 5.49. The van der Waals surface area contributed by atoms with Crippen LogP contribution in [0.2, 0.25) is 0 Å². The van der Waals surface area contributed by atoms with Crippen LogP contribution in [0, 0.1) is 0 Å². The van der Waals surface area contributed by atoms with Crippen LogP contribution in [0.15, 0.2) is 76.6 Å². The van der Waals surface area contributed by atoms with Crippen LogP contribution >= 0.6 is 0 Å². The highest BCUT2D eigenvalue weighted by molar-refractivity contribution is 5.94. The largest absolute Gasteiger partial charge is 0.491 e. The summed E-state index contributed by atoms with van der Waals surface area (Å²) in [5.41, 5.74) is 1.41. The third-order valence-corrected chi connectivity index (χ3v) is 4.32. The molecule has 2 aromatic heterocycles. The second kappa shape index (κ2) is 12.1. The molecule has 1 aromatic carbocycles. The molecule has 3 N–H and O–H groups in total. The van der Waals surface area contributed by atoms with Gasteiger partial charge in [0.25, 0.3) is 5.91 Å². The molecule has 0 atom stereocenters. The topological polar surface area (TPSA) is 101 Å². The van der Waals surface area contributed by atoms with Crippen LogP contribution in [0.25, 0.3) is 0 Å². The number of aromatic nitrogens is 1. The number of rotatable bonds is 10. The number of carbonyl (C=O) groups excluding carboxylic acids is 1. The van der Waals surface area contributed by atoms with Crippen LogP contribution in [-0.4, -0.2) is 42.6 Å². The summed E-state index contributed by atoms with van der Waals surface area (Å²) >= 11 is 0. The number of hydrogen-bond acceptors (Lipinski definition) is 5. The Kier molecular flexibility index (Phi) is 8.68. The molecule has 0 saturated heterocycles. The molecule has 2 heterocycles. The lowest BCUT2D eigenvalue weighted by molar-refractivity contribution is 0.0954. The number of ether oxygens (including phenoxy) is 1. The van der Waals surface area contributed by atoms with E-state index < -0.39 is 0 Å². The number of carbonyl (C=O) groups is 1. The van der Waals surface area contributed by atoms with E-state index in [9.17, 15) is 4.79 Å². The van der Waals surface area contributed by atoms with Crippen molar-refractivity contribution in [2.75, 3.05) is 25.0 Å². The molecule has 3 rings (SSSR count). The van der Waals surface area contributed by atoms with Crippen LogP contribution in [-0.2, 0) is 6.42 Å². The standard InChI is InChI=1S/C24H29N5O3/c1-18(2)32-22-9-7-20(8-10-22)29-24(27-13-11-21-6-4-16-31-21)28-15-14-26-23(30)19-5-3-12-25-17-19/h3-10,12,16-18H,11,13-15H2,1-2H3,(H,26,30)(H2,27,28,29). The minimum absolute atomic E-state index is 0.121. The molecule has 0 fully saturated rings. The smallest absolute Gasteiger partial charge is 0.252 e. The van der Waals surface area contributed by atoms with E-state index in [-0.39, 0.29) is 12.0 Å². The Hall–Kier alpha value is -3.81. The van der Waals surface area contributed by atoms with Crippen molar-refractivity contribution in [3.63, 3.8) is 0 Å². The Morgan fingerprint density at radius 3 is 2.59 bits per heavy atom. The fraction of sp³-hybridized carbons (Fsp3) is 0.292. The first-order chi connectivity index (χ1) is 15.6. The van der Waals surface area contributed by atoms with E-state index in [1.54, 1.807) is 30.8 Å². The predicted octanol–water partition coefficient (Wildman–Crippen LogP) is 3.49. The highest BCUT2D eigenvalue weighted by Gasteiger charge is 2.06. The van der Waals surface area contributed by atoms with Gasteiger partial charge in [-0.15, -0.1) is 0 Å². The fourth-order valence-electron chi connectivity index (χ4n) is 2.85. The van der Waals surface area contributed by atoms with E-state index in [2.05, 4.69) is 25.9 Å². The maximum absolute atomic E-state index is 12.1. The van der Waals surface area contributed by atoms with E-state index >= 15 is 0 Å². The molecule has 8 nitrogen and oxygen atoms in total.